The molecule has 12 rings (SSSR count). The van der Waals surface area contributed by atoms with Crippen LogP contribution in [-0.2, 0) is 5.41 Å². The minimum atomic E-state index is -0.0777. The van der Waals surface area contributed by atoms with Crippen LogP contribution in [0.15, 0.2) is 188 Å². The van der Waals surface area contributed by atoms with Crippen LogP contribution >= 0.6 is 0 Å². The fraction of sp³-hybridized carbons (Fsp3) is 0.0536. The lowest BCUT2D eigenvalue weighted by Crippen LogP contribution is -2.14. The SMILES string of the molecule is CC1(C)c2ccccc2-c2c(-c3ccc4cccc(-c5nc(-c6ccc7ccc8ccccc8c7c6)nc(-c6ccc7ccc8ccccc8c7c6)n5)c4c3)cccc21. The first kappa shape index (κ1) is 33.6. The predicted octanol–water partition coefficient (Wildman–Crippen LogP) is 14.6. The van der Waals surface area contributed by atoms with Gasteiger partial charge >= 0.3 is 0 Å². The summed E-state index contributed by atoms with van der Waals surface area (Å²) in [6.07, 6.45) is 0. The van der Waals surface area contributed by atoms with Gasteiger partial charge in [-0.15, -0.1) is 0 Å². The van der Waals surface area contributed by atoms with Crippen molar-refractivity contribution in [1.82, 2.24) is 15.0 Å². The molecule has 59 heavy (non-hydrogen) atoms. The monoisotopic (exact) mass is 751 g/mol. The molecule has 1 aliphatic carbocycles. The van der Waals surface area contributed by atoms with E-state index in [0.717, 1.165) is 27.5 Å². The highest BCUT2D eigenvalue weighted by Gasteiger charge is 2.36. The fourth-order valence-electron chi connectivity index (χ4n) is 9.67. The maximum absolute atomic E-state index is 5.34. The van der Waals surface area contributed by atoms with Crippen molar-refractivity contribution in [1.29, 1.82) is 0 Å². The molecule has 1 heterocycles. The van der Waals surface area contributed by atoms with Crippen LogP contribution in [0.4, 0.5) is 0 Å². The van der Waals surface area contributed by atoms with Gasteiger partial charge in [0.2, 0.25) is 0 Å². The van der Waals surface area contributed by atoms with Gasteiger partial charge in [0.15, 0.2) is 17.5 Å². The fourth-order valence-corrected chi connectivity index (χ4v) is 9.67. The maximum Gasteiger partial charge on any atom is 0.164 e. The average Bonchev–Trinajstić information content (AvgIpc) is 3.53. The number of aromatic nitrogens is 3. The van der Waals surface area contributed by atoms with Crippen LogP contribution in [0, 0.1) is 0 Å². The smallest absolute Gasteiger partial charge is 0.164 e. The summed E-state index contributed by atoms with van der Waals surface area (Å²) < 4.78 is 0. The molecule has 0 aliphatic heterocycles. The molecule has 0 bridgehead atoms. The molecule has 0 saturated carbocycles. The average molecular weight is 752 g/mol. The van der Waals surface area contributed by atoms with Crippen molar-refractivity contribution in [2.75, 3.05) is 0 Å². The van der Waals surface area contributed by atoms with E-state index in [1.165, 1.54) is 76.5 Å². The number of nitrogens with zero attached hydrogens (tertiary/aromatic N) is 3. The molecule has 1 aromatic heterocycles. The molecule has 11 aromatic rings. The van der Waals surface area contributed by atoms with E-state index in [0.29, 0.717) is 17.5 Å². The second-order valence-electron chi connectivity index (χ2n) is 16.4. The Bertz CT molecular complexity index is 3410. The van der Waals surface area contributed by atoms with E-state index < -0.39 is 0 Å². The number of hydrogen-bond donors (Lipinski definition) is 0. The first-order chi connectivity index (χ1) is 29.0. The van der Waals surface area contributed by atoms with Gasteiger partial charge < -0.3 is 0 Å². The Kier molecular flexibility index (Phi) is 7.27. The molecular formula is C56H37N3. The summed E-state index contributed by atoms with van der Waals surface area (Å²) >= 11 is 0. The van der Waals surface area contributed by atoms with E-state index >= 15 is 0 Å². The summed E-state index contributed by atoms with van der Waals surface area (Å²) in [6.45, 7) is 4.68. The highest BCUT2D eigenvalue weighted by Crippen LogP contribution is 2.52. The zero-order valence-corrected chi connectivity index (χ0v) is 32.7. The highest BCUT2D eigenvalue weighted by atomic mass is 15.0. The van der Waals surface area contributed by atoms with E-state index in [9.17, 15) is 0 Å². The second kappa shape index (κ2) is 12.8. The molecule has 0 unspecified atom stereocenters. The van der Waals surface area contributed by atoms with Gasteiger partial charge in [0.05, 0.1) is 0 Å². The van der Waals surface area contributed by atoms with Gasteiger partial charge in [0.25, 0.3) is 0 Å². The van der Waals surface area contributed by atoms with Crippen molar-refractivity contribution in [3.8, 4) is 56.4 Å². The number of rotatable bonds is 4. The summed E-state index contributed by atoms with van der Waals surface area (Å²) in [7, 11) is 0. The van der Waals surface area contributed by atoms with Crippen LogP contribution in [0.1, 0.15) is 25.0 Å². The van der Waals surface area contributed by atoms with Crippen molar-refractivity contribution in [2.24, 2.45) is 0 Å². The van der Waals surface area contributed by atoms with Crippen molar-refractivity contribution in [2.45, 2.75) is 19.3 Å². The molecule has 1 aliphatic rings. The zero-order valence-electron chi connectivity index (χ0n) is 32.7. The Morgan fingerprint density at radius 2 is 0.729 bits per heavy atom. The van der Waals surface area contributed by atoms with E-state index in [1.54, 1.807) is 0 Å². The van der Waals surface area contributed by atoms with Gasteiger partial charge in [-0.1, -0.05) is 184 Å². The Labute approximate surface area is 342 Å². The minimum Gasteiger partial charge on any atom is -0.208 e. The molecule has 0 amide bonds. The normalized spacial score (nSPS) is 13.1. The van der Waals surface area contributed by atoms with Crippen molar-refractivity contribution in [3.63, 3.8) is 0 Å². The van der Waals surface area contributed by atoms with Crippen molar-refractivity contribution in [3.05, 3.63) is 199 Å². The topological polar surface area (TPSA) is 38.7 Å². The lowest BCUT2D eigenvalue weighted by molar-refractivity contribution is 0.660. The molecule has 0 N–H and O–H groups in total. The van der Waals surface area contributed by atoms with Gasteiger partial charge in [-0.2, -0.15) is 0 Å². The number of hydrogen-bond acceptors (Lipinski definition) is 3. The van der Waals surface area contributed by atoms with Gasteiger partial charge in [-0.3, -0.25) is 0 Å². The third kappa shape index (κ3) is 5.25. The zero-order chi connectivity index (χ0) is 39.2. The number of benzene rings is 10. The highest BCUT2D eigenvalue weighted by molar-refractivity contribution is 6.10. The summed E-state index contributed by atoms with van der Waals surface area (Å²) in [5, 5.41) is 11.8. The molecule has 3 heteroatoms. The first-order valence-electron chi connectivity index (χ1n) is 20.3. The molecule has 0 saturated heterocycles. The van der Waals surface area contributed by atoms with Crippen LogP contribution in [0.25, 0.3) is 110 Å². The van der Waals surface area contributed by atoms with E-state index in [1.807, 2.05) is 0 Å². The quantitative estimate of drug-likeness (QED) is 0.168. The van der Waals surface area contributed by atoms with Crippen LogP contribution in [-0.4, -0.2) is 15.0 Å². The first-order valence-corrected chi connectivity index (χ1v) is 20.3. The summed E-state index contributed by atoms with van der Waals surface area (Å²) in [5.74, 6) is 1.94. The van der Waals surface area contributed by atoms with Crippen molar-refractivity contribution < 1.29 is 0 Å². The summed E-state index contributed by atoms with van der Waals surface area (Å²) in [5.41, 5.74) is 10.6. The molecule has 0 radical (unpaired) electrons. The Morgan fingerprint density at radius 3 is 1.39 bits per heavy atom. The molecule has 0 atom stereocenters. The van der Waals surface area contributed by atoms with Crippen LogP contribution < -0.4 is 0 Å². The lowest BCUT2D eigenvalue weighted by Gasteiger charge is -2.21. The summed E-state index contributed by atoms with van der Waals surface area (Å²) in [6, 6.07) is 68.0. The van der Waals surface area contributed by atoms with Crippen LogP contribution in [0.3, 0.4) is 0 Å². The maximum atomic E-state index is 5.34. The lowest BCUT2D eigenvalue weighted by atomic mass is 9.82. The van der Waals surface area contributed by atoms with E-state index in [-0.39, 0.29) is 5.41 Å². The van der Waals surface area contributed by atoms with Crippen LogP contribution in [0.2, 0.25) is 0 Å². The van der Waals surface area contributed by atoms with Gasteiger partial charge in [0, 0.05) is 22.1 Å². The Balaban J connectivity index is 1.09. The van der Waals surface area contributed by atoms with Crippen LogP contribution in [0.5, 0.6) is 0 Å². The summed E-state index contributed by atoms with van der Waals surface area (Å²) in [4.78, 5) is 15.9. The Morgan fingerprint density at radius 1 is 0.305 bits per heavy atom. The molecule has 0 fully saturated rings. The molecular weight excluding hydrogens is 715 g/mol. The van der Waals surface area contributed by atoms with Crippen molar-refractivity contribution >= 4 is 53.9 Å². The predicted molar refractivity (Wildman–Crippen MR) is 247 cm³/mol. The Hall–Kier alpha value is -7.49. The molecule has 3 nitrogen and oxygen atoms in total. The third-order valence-corrected chi connectivity index (χ3v) is 12.7. The minimum absolute atomic E-state index is 0.0777. The van der Waals surface area contributed by atoms with E-state index in [4.69, 9.17) is 15.0 Å². The third-order valence-electron chi connectivity index (χ3n) is 12.7. The van der Waals surface area contributed by atoms with Gasteiger partial charge in [-0.05, 0) is 105 Å². The largest absolute Gasteiger partial charge is 0.208 e. The number of fused-ring (bicyclic) bond motifs is 10. The van der Waals surface area contributed by atoms with Gasteiger partial charge in [-0.25, -0.2) is 15.0 Å². The molecule has 276 valence electrons. The second-order valence-corrected chi connectivity index (χ2v) is 16.4. The standard InChI is InChI=1S/C56H37N3/c1-56(2)50-19-8-7-16-46(50)52-44(17-10-20-51(52)56)39-28-25-36-13-9-18-45(49(36)31-39)55-58-53(40-29-26-37-23-21-34-11-3-5-14-42(34)47(37)32-40)57-54(59-55)41-30-27-38-24-22-35-12-4-6-15-43(35)48(38)33-41/h3-33H,1-2H3. The molecule has 10 aromatic carbocycles. The van der Waals surface area contributed by atoms with Gasteiger partial charge in [0.1, 0.15) is 0 Å². The van der Waals surface area contributed by atoms with E-state index in [2.05, 4.69) is 202 Å². The molecule has 0 spiro atoms.